The minimum absolute atomic E-state index is 0.0350. The van der Waals surface area contributed by atoms with Crippen LogP contribution in [-0.4, -0.2) is 89.6 Å². The van der Waals surface area contributed by atoms with Gasteiger partial charge < -0.3 is 20.4 Å². The number of nitrogens with one attached hydrogen (secondary N) is 2. The average Bonchev–Trinajstić information content (AvgIpc) is 2.96. The highest BCUT2D eigenvalue weighted by Crippen LogP contribution is 2.32. The number of benzene rings is 2. The van der Waals surface area contributed by atoms with Crippen molar-refractivity contribution < 1.29 is 13.0 Å². The Kier molecular flexibility index (Phi) is 8.77. The second kappa shape index (κ2) is 12.4. The van der Waals surface area contributed by atoms with Gasteiger partial charge in [0.15, 0.2) is 11.6 Å². The van der Waals surface area contributed by atoms with Gasteiger partial charge >= 0.3 is 0 Å². The first kappa shape index (κ1) is 28.2. The molecule has 2 aliphatic rings. The maximum absolute atomic E-state index is 15.2. The van der Waals surface area contributed by atoms with Gasteiger partial charge in [-0.3, -0.25) is 9.21 Å². The number of piperazine rings is 1. The van der Waals surface area contributed by atoms with E-state index in [1.54, 1.807) is 29.7 Å². The highest BCUT2D eigenvalue weighted by Gasteiger charge is 2.28. The zero-order valence-corrected chi connectivity index (χ0v) is 23.9. The van der Waals surface area contributed by atoms with Crippen molar-refractivity contribution in [1.82, 2.24) is 19.8 Å². The Labute approximate surface area is 236 Å². The molecular weight excluding hydrogens is 534 g/mol. The van der Waals surface area contributed by atoms with E-state index in [1.165, 1.54) is 12.3 Å². The minimum atomic E-state index is -1.21. The highest BCUT2D eigenvalue weighted by atomic mass is 32.2. The Bertz CT molecular complexity index is 1350. The fourth-order valence-corrected chi connectivity index (χ4v) is 5.71. The minimum Gasteiger partial charge on any atom is -0.369 e. The smallest absolute Gasteiger partial charge is 0.229 e. The Morgan fingerprint density at radius 3 is 2.38 bits per heavy atom. The van der Waals surface area contributed by atoms with E-state index in [9.17, 15) is 4.21 Å². The summed E-state index contributed by atoms with van der Waals surface area (Å²) in [6, 6.07) is 12.7. The monoisotopic (exact) mass is 570 g/mol. The molecule has 3 heterocycles. The lowest BCUT2D eigenvalue weighted by Gasteiger charge is -2.42. The number of rotatable bonds is 8. The number of hydrogen-bond acceptors (Lipinski definition) is 8. The van der Waals surface area contributed by atoms with Gasteiger partial charge in [0, 0.05) is 64.8 Å². The van der Waals surface area contributed by atoms with Crippen molar-refractivity contribution in [1.29, 1.82) is 0 Å². The fourth-order valence-electron chi connectivity index (χ4n) is 5.28. The molecule has 0 amide bonds. The SMILES string of the molecule is CN1CCN(C2CCN(c3ccc(Nc4nccc(Nc5ccccc5N(C)S(C)=O)n4)c(F)c3F)CC2)CC1. The first-order chi connectivity index (χ1) is 19.3. The van der Waals surface area contributed by atoms with E-state index in [1.807, 2.05) is 29.2 Å². The number of halogens is 2. The van der Waals surface area contributed by atoms with E-state index in [0.29, 0.717) is 30.6 Å². The van der Waals surface area contributed by atoms with Crippen molar-refractivity contribution >= 4 is 45.5 Å². The number of anilines is 6. The zero-order chi connectivity index (χ0) is 28.2. The van der Waals surface area contributed by atoms with Crippen LogP contribution >= 0.6 is 0 Å². The number of nitrogens with zero attached hydrogens (tertiary/aromatic N) is 6. The maximum Gasteiger partial charge on any atom is 0.229 e. The second-order valence-electron chi connectivity index (χ2n) is 10.3. The highest BCUT2D eigenvalue weighted by molar-refractivity contribution is 7.85. The van der Waals surface area contributed by atoms with Crippen LogP contribution in [0.3, 0.4) is 0 Å². The van der Waals surface area contributed by atoms with Gasteiger partial charge in [0.1, 0.15) is 16.8 Å². The van der Waals surface area contributed by atoms with Crippen LogP contribution in [0.2, 0.25) is 0 Å². The summed E-state index contributed by atoms with van der Waals surface area (Å²) in [4.78, 5) is 15.4. The molecule has 1 aromatic heterocycles. The van der Waals surface area contributed by atoms with Gasteiger partial charge in [-0.15, -0.1) is 0 Å². The van der Waals surface area contributed by atoms with Gasteiger partial charge in [0.05, 0.1) is 22.7 Å². The van der Waals surface area contributed by atoms with Crippen LogP contribution in [0.5, 0.6) is 0 Å². The summed E-state index contributed by atoms with van der Waals surface area (Å²) in [5.74, 6) is -1.27. The lowest BCUT2D eigenvalue weighted by atomic mass is 10.0. The molecule has 0 aliphatic carbocycles. The summed E-state index contributed by atoms with van der Waals surface area (Å²) in [7, 11) is 2.67. The van der Waals surface area contributed by atoms with Crippen LogP contribution < -0.4 is 19.8 Å². The summed E-state index contributed by atoms with van der Waals surface area (Å²) in [6.07, 6.45) is 4.99. The molecule has 3 aromatic rings. The van der Waals surface area contributed by atoms with E-state index < -0.39 is 22.6 Å². The van der Waals surface area contributed by atoms with E-state index in [0.717, 1.165) is 44.7 Å². The van der Waals surface area contributed by atoms with Crippen molar-refractivity contribution in [3.8, 4) is 0 Å². The number of likely N-dealkylation sites (N-methyl/N-ethyl adjacent to an activating group) is 1. The van der Waals surface area contributed by atoms with Crippen molar-refractivity contribution in [2.75, 3.05) is 79.5 Å². The Hall–Kier alpha value is -3.35. The molecular formula is C28H36F2N8OS. The van der Waals surface area contributed by atoms with E-state index >= 15 is 8.78 Å². The van der Waals surface area contributed by atoms with Gasteiger partial charge in [-0.05, 0) is 50.2 Å². The van der Waals surface area contributed by atoms with Crippen molar-refractivity contribution in [3.63, 3.8) is 0 Å². The molecule has 214 valence electrons. The van der Waals surface area contributed by atoms with Gasteiger partial charge in [0.2, 0.25) is 5.95 Å². The maximum atomic E-state index is 15.2. The van der Waals surface area contributed by atoms with Gasteiger partial charge in [-0.25, -0.2) is 18.0 Å². The largest absolute Gasteiger partial charge is 0.369 e. The van der Waals surface area contributed by atoms with Crippen LogP contribution in [0, 0.1) is 11.6 Å². The van der Waals surface area contributed by atoms with Crippen LogP contribution in [0.25, 0.3) is 0 Å². The van der Waals surface area contributed by atoms with E-state index in [-0.39, 0.29) is 17.3 Å². The standard InChI is InChI=1S/C28H36F2N8OS/c1-35-16-18-37(19-17-35)20-11-14-38(15-12-20)24-9-8-22(26(29)27(24)30)33-28-31-13-10-25(34-28)32-21-6-4-5-7-23(21)36(2)40(3)39/h4-10,13,20H,11-12,14-19H2,1-3H3,(H2,31,32,33,34). The van der Waals surface area contributed by atoms with E-state index in [4.69, 9.17) is 0 Å². The Balaban J connectivity index is 1.25. The molecule has 1 atom stereocenters. The third-order valence-electron chi connectivity index (χ3n) is 7.72. The summed E-state index contributed by atoms with van der Waals surface area (Å²) in [6.45, 7) is 5.66. The summed E-state index contributed by atoms with van der Waals surface area (Å²) in [5, 5.41) is 6.01. The number of piperidine rings is 1. The molecule has 5 rings (SSSR count). The fraction of sp³-hybridized carbons (Fsp3) is 0.429. The molecule has 2 N–H and O–H groups in total. The number of aromatic nitrogens is 2. The first-order valence-electron chi connectivity index (χ1n) is 13.5. The predicted octanol–water partition coefficient (Wildman–Crippen LogP) is 4.19. The van der Waals surface area contributed by atoms with Crippen molar-refractivity contribution in [2.24, 2.45) is 0 Å². The summed E-state index contributed by atoms with van der Waals surface area (Å²) < 4.78 is 44.0. The van der Waals surface area contributed by atoms with Gasteiger partial charge in [-0.1, -0.05) is 12.1 Å². The normalized spacial score (nSPS) is 18.0. The summed E-state index contributed by atoms with van der Waals surface area (Å²) in [5.41, 5.74) is 1.67. The molecule has 1 unspecified atom stereocenters. The van der Waals surface area contributed by atoms with Crippen LogP contribution in [0.1, 0.15) is 12.8 Å². The lowest BCUT2D eigenvalue weighted by molar-refractivity contribution is 0.0981. The van der Waals surface area contributed by atoms with E-state index in [2.05, 4.69) is 37.4 Å². The molecule has 0 spiro atoms. The molecule has 0 radical (unpaired) electrons. The Morgan fingerprint density at radius 1 is 0.925 bits per heavy atom. The number of hydrogen-bond donors (Lipinski definition) is 2. The van der Waals surface area contributed by atoms with Crippen molar-refractivity contribution in [2.45, 2.75) is 18.9 Å². The molecule has 2 fully saturated rings. The predicted molar refractivity (Wildman–Crippen MR) is 158 cm³/mol. The molecule has 0 bridgehead atoms. The molecule has 9 nitrogen and oxygen atoms in total. The molecule has 12 heteroatoms. The van der Waals surface area contributed by atoms with Crippen LogP contribution in [0.4, 0.5) is 43.3 Å². The third-order valence-corrected chi connectivity index (χ3v) is 8.68. The quantitative estimate of drug-likeness (QED) is 0.418. The molecule has 2 saturated heterocycles. The van der Waals surface area contributed by atoms with Crippen LogP contribution in [-0.2, 0) is 11.0 Å². The van der Waals surface area contributed by atoms with Gasteiger partial charge in [0.25, 0.3) is 0 Å². The first-order valence-corrected chi connectivity index (χ1v) is 15.0. The number of para-hydroxylation sites is 2. The zero-order valence-electron chi connectivity index (χ0n) is 23.1. The molecule has 2 aromatic carbocycles. The molecule has 40 heavy (non-hydrogen) atoms. The average molecular weight is 571 g/mol. The topological polar surface area (TPSA) is 79.9 Å². The lowest BCUT2D eigenvalue weighted by Crippen LogP contribution is -2.52. The molecule has 2 aliphatic heterocycles. The van der Waals surface area contributed by atoms with Gasteiger partial charge in [-0.2, -0.15) is 4.98 Å². The molecule has 0 saturated carbocycles. The van der Waals surface area contributed by atoms with Crippen molar-refractivity contribution in [3.05, 3.63) is 60.3 Å². The van der Waals surface area contributed by atoms with Crippen LogP contribution in [0.15, 0.2) is 48.7 Å². The second-order valence-corrected chi connectivity index (χ2v) is 11.7. The Morgan fingerprint density at radius 2 is 1.65 bits per heavy atom. The summed E-state index contributed by atoms with van der Waals surface area (Å²) >= 11 is 0. The third kappa shape index (κ3) is 6.34.